The van der Waals surface area contributed by atoms with Gasteiger partial charge in [-0.25, -0.2) is 15.0 Å². The van der Waals surface area contributed by atoms with Crippen molar-refractivity contribution in [2.45, 2.75) is 65.2 Å². The summed E-state index contributed by atoms with van der Waals surface area (Å²) in [6, 6.07) is 19.2. The maximum atomic E-state index is 14.0. The summed E-state index contributed by atoms with van der Waals surface area (Å²) in [5, 5.41) is 21.9. The lowest BCUT2D eigenvalue weighted by Crippen LogP contribution is -2.58. The number of nitrogens with one attached hydrogen (secondary N) is 4. The maximum absolute atomic E-state index is 14.0. The van der Waals surface area contributed by atoms with Crippen LogP contribution in [0.3, 0.4) is 0 Å². The van der Waals surface area contributed by atoms with E-state index in [0.29, 0.717) is 28.3 Å². The van der Waals surface area contributed by atoms with Crippen LogP contribution in [-0.2, 0) is 25.7 Å². The fraction of sp³-hybridized carbons (Fsp3) is 0.341. The van der Waals surface area contributed by atoms with Crippen LogP contribution in [0.2, 0.25) is 0 Å². The Morgan fingerprint density at radius 3 is 2.37 bits per heavy atom. The molecule has 2 aromatic heterocycles. The highest BCUT2D eigenvalue weighted by Crippen LogP contribution is 2.29. The molecule has 19 heteroatoms. The van der Waals surface area contributed by atoms with E-state index in [1.807, 2.05) is 31.2 Å². The molecule has 4 amide bonds. The Bertz CT molecular complexity index is 2390. The fourth-order valence-electron chi connectivity index (χ4n) is 6.78. The van der Waals surface area contributed by atoms with Crippen molar-refractivity contribution in [3.63, 3.8) is 0 Å². The van der Waals surface area contributed by atoms with E-state index in [9.17, 15) is 37.5 Å². The lowest BCUT2D eigenvalue weighted by molar-refractivity contribution is -0.274. The van der Waals surface area contributed by atoms with Gasteiger partial charge in [-0.15, -0.1) is 24.5 Å². The summed E-state index contributed by atoms with van der Waals surface area (Å²) in [5.41, 5.74) is 5.70. The number of halogens is 3. The van der Waals surface area contributed by atoms with Crippen LogP contribution in [-0.4, -0.2) is 99.4 Å². The Kier molecular flexibility index (Phi) is 14.7. The van der Waals surface area contributed by atoms with Crippen LogP contribution in [0.5, 0.6) is 5.75 Å². The molecule has 3 atom stereocenters. The average Bonchev–Trinajstić information content (AvgIpc) is 3.86. The Morgan fingerprint density at radius 2 is 1.68 bits per heavy atom. The number of aryl methyl sites for hydroxylation is 1. The molecular weight excluding hydrogens is 842 g/mol. The van der Waals surface area contributed by atoms with Crippen molar-refractivity contribution in [2.24, 2.45) is 5.41 Å². The number of ether oxygens (including phenoxy) is 2. The number of thiazole rings is 1. The quantitative estimate of drug-likeness (QED) is 0.0755. The number of amides is 4. The van der Waals surface area contributed by atoms with Crippen molar-refractivity contribution >= 4 is 46.5 Å². The zero-order chi connectivity index (χ0) is 45.3. The molecule has 332 valence electrons. The molecule has 0 radical (unpaired) electrons. The Hall–Kier alpha value is -6.44. The molecule has 6 rings (SSSR count). The summed E-state index contributed by atoms with van der Waals surface area (Å²) < 4.78 is 46.9. The van der Waals surface area contributed by atoms with Crippen LogP contribution in [0.15, 0.2) is 90.7 Å². The lowest BCUT2D eigenvalue weighted by atomic mass is 9.85. The standard InChI is InChI=1S/C44H47F3N8O7S/c1-26-38(63-25-52-26)28-10-8-27(9-11-28)21-49-41(59)35-19-32(56)22-55(35)42(60)39(43(2,3)4)54-37(57)23-61-17-16-48-40(58)30-7-5-6-29(18-30)34-20-36(51-24-50-34)53-31-12-14-33(15-13-31)62-44(45,46)47/h5-15,18,20,24-25,32,35,39,56H,16-17,19,21-23H2,1-4H3,(H,48,58)(H,49,59)(H,54,57)(H,50,51,53)/t32?,35?,39-/m1/s1. The second kappa shape index (κ2) is 20.2. The number of hydrogen-bond donors (Lipinski definition) is 5. The third-order valence-electron chi connectivity index (χ3n) is 9.92. The van der Waals surface area contributed by atoms with E-state index in [1.165, 1.54) is 35.5 Å². The summed E-state index contributed by atoms with van der Waals surface area (Å²) in [6.45, 7) is 7.08. The number of likely N-dealkylation sites (tertiary alicyclic amines) is 1. The monoisotopic (exact) mass is 888 g/mol. The maximum Gasteiger partial charge on any atom is 0.573 e. The molecule has 5 N–H and O–H groups in total. The zero-order valence-corrected chi connectivity index (χ0v) is 35.7. The van der Waals surface area contributed by atoms with Crippen molar-refractivity contribution in [1.82, 2.24) is 35.8 Å². The number of β-amino-alcohol motifs (C(OH)–C–C–N with tert-alkyl or cyclic N) is 1. The van der Waals surface area contributed by atoms with E-state index in [2.05, 4.69) is 41.0 Å². The Morgan fingerprint density at radius 1 is 0.937 bits per heavy atom. The molecule has 1 aliphatic rings. The molecule has 0 saturated carbocycles. The number of aromatic nitrogens is 3. The zero-order valence-electron chi connectivity index (χ0n) is 34.9. The molecule has 0 spiro atoms. The van der Waals surface area contributed by atoms with Gasteiger partial charge in [0.15, 0.2) is 0 Å². The minimum Gasteiger partial charge on any atom is -0.406 e. The summed E-state index contributed by atoms with van der Waals surface area (Å²) in [6.07, 6.45) is -4.36. The van der Waals surface area contributed by atoms with Gasteiger partial charge in [-0.1, -0.05) is 57.2 Å². The van der Waals surface area contributed by atoms with Gasteiger partial charge in [0.1, 0.15) is 36.6 Å². The summed E-state index contributed by atoms with van der Waals surface area (Å²) in [7, 11) is 0. The van der Waals surface area contributed by atoms with Gasteiger partial charge in [0.05, 0.1) is 34.5 Å². The van der Waals surface area contributed by atoms with Gasteiger partial charge in [0.25, 0.3) is 5.91 Å². The van der Waals surface area contributed by atoms with Gasteiger partial charge in [-0.3, -0.25) is 19.2 Å². The number of alkyl halides is 3. The van der Waals surface area contributed by atoms with E-state index in [1.54, 1.807) is 68.0 Å². The van der Waals surface area contributed by atoms with Crippen LogP contribution < -0.4 is 26.0 Å². The first-order valence-electron chi connectivity index (χ1n) is 19.9. The van der Waals surface area contributed by atoms with E-state index < -0.39 is 60.2 Å². The molecule has 1 aliphatic heterocycles. The molecular formula is C44H47F3N8O7S. The van der Waals surface area contributed by atoms with Gasteiger partial charge < -0.3 is 40.7 Å². The highest BCUT2D eigenvalue weighted by Gasteiger charge is 2.44. The second-order valence-electron chi connectivity index (χ2n) is 15.8. The molecule has 1 fully saturated rings. The minimum absolute atomic E-state index is 0.0224. The van der Waals surface area contributed by atoms with Crippen LogP contribution in [0, 0.1) is 12.3 Å². The van der Waals surface area contributed by atoms with Gasteiger partial charge in [-0.2, -0.15) is 0 Å². The number of rotatable bonds is 16. The molecule has 0 aliphatic carbocycles. The number of carbonyl (C=O) groups excluding carboxylic acids is 4. The van der Waals surface area contributed by atoms with Crippen molar-refractivity contribution < 1.29 is 46.9 Å². The van der Waals surface area contributed by atoms with Crippen LogP contribution in [0.25, 0.3) is 21.7 Å². The molecule has 3 heterocycles. The first-order chi connectivity index (χ1) is 29.9. The summed E-state index contributed by atoms with van der Waals surface area (Å²) in [5.74, 6) is -1.92. The molecule has 0 bridgehead atoms. The van der Waals surface area contributed by atoms with Crippen molar-refractivity contribution in [3.05, 3.63) is 108 Å². The van der Waals surface area contributed by atoms with Gasteiger partial charge >= 0.3 is 6.36 Å². The van der Waals surface area contributed by atoms with Crippen molar-refractivity contribution in [3.8, 4) is 27.4 Å². The number of carbonyl (C=O) groups is 4. The largest absolute Gasteiger partial charge is 0.573 e. The van der Waals surface area contributed by atoms with Crippen molar-refractivity contribution in [2.75, 3.05) is 31.6 Å². The molecule has 5 aromatic rings. The smallest absolute Gasteiger partial charge is 0.406 e. The number of nitrogens with zero attached hydrogens (tertiary/aromatic N) is 4. The minimum atomic E-state index is -4.80. The van der Waals surface area contributed by atoms with Gasteiger partial charge in [0.2, 0.25) is 17.7 Å². The highest BCUT2D eigenvalue weighted by atomic mass is 32.1. The predicted octanol–water partition coefficient (Wildman–Crippen LogP) is 5.77. The third-order valence-corrected chi connectivity index (χ3v) is 10.9. The molecule has 15 nitrogen and oxygen atoms in total. The summed E-state index contributed by atoms with van der Waals surface area (Å²) in [4.78, 5) is 68.6. The van der Waals surface area contributed by atoms with Gasteiger partial charge in [-0.05, 0) is 59.9 Å². The highest BCUT2D eigenvalue weighted by molar-refractivity contribution is 7.13. The van der Waals surface area contributed by atoms with E-state index in [0.717, 1.165) is 21.7 Å². The SMILES string of the molecule is Cc1ncsc1-c1ccc(CNC(=O)C2CC(O)CN2C(=O)[C@@H](NC(=O)COCCNC(=O)c2cccc(-c3cc(Nc4ccc(OC(F)(F)F)cc4)ncn3)c2)C(C)(C)C)cc1. The first kappa shape index (κ1) is 46.1. The van der Waals surface area contributed by atoms with E-state index in [4.69, 9.17) is 4.74 Å². The second-order valence-corrected chi connectivity index (χ2v) is 16.7. The fourth-order valence-corrected chi connectivity index (χ4v) is 7.59. The number of aliphatic hydroxyl groups excluding tert-OH is 1. The van der Waals surface area contributed by atoms with Crippen LogP contribution >= 0.6 is 11.3 Å². The molecule has 2 unspecified atom stereocenters. The molecule has 3 aromatic carbocycles. The van der Waals surface area contributed by atoms with E-state index >= 15 is 0 Å². The average molecular weight is 889 g/mol. The normalized spacial score (nSPS) is 15.7. The Balaban J connectivity index is 0.959. The van der Waals surface area contributed by atoms with Gasteiger partial charge in [0, 0.05) is 48.9 Å². The van der Waals surface area contributed by atoms with Crippen LogP contribution in [0.1, 0.15) is 48.8 Å². The van der Waals surface area contributed by atoms with E-state index in [-0.39, 0.29) is 38.4 Å². The lowest BCUT2D eigenvalue weighted by Gasteiger charge is -2.35. The number of hydrogen-bond acceptors (Lipinski definition) is 12. The Labute approximate surface area is 365 Å². The predicted molar refractivity (Wildman–Crippen MR) is 229 cm³/mol. The third kappa shape index (κ3) is 12.8. The number of aliphatic hydroxyl groups is 1. The van der Waals surface area contributed by atoms with Crippen LogP contribution in [0.4, 0.5) is 24.7 Å². The molecule has 1 saturated heterocycles. The summed E-state index contributed by atoms with van der Waals surface area (Å²) >= 11 is 1.55. The molecule has 63 heavy (non-hydrogen) atoms. The number of benzene rings is 3. The number of anilines is 2. The topological polar surface area (TPSA) is 197 Å². The van der Waals surface area contributed by atoms with Crippen molar-refractivity contribution in [1.29, 1.82) is 0 Å². The first-order valence-corrected chi connectivity index (χ1v) is 20.8.